The van der Waals surface area contributed by atoms with Gasteiger partial charge in [0.1, 0.15) is 24.6 Å². The van der Waals surface area contributed by atoms with Crippen molar-refractivity contribution in [2.24, 2.45) is 0 Å². The van der Waals surface area contributed by atoms with Crippen LogP contribution in [0.3, 0.4) is 0 Å². The van der Waals surface area contributed by atoms with Crippen LogP contribution >= 0.6 is 0 Å². The van der Waals surface area contributed by atoms with Gasteiger partial charge in [-0.25, -0.2) is 0 Å². The first-order chi connectivity index (χ1) is 12.0. The summed E-state index contributed by atoms with van der Waals surface area (Å²) in [5, 5.41) is 21.0. The Balaban J connectivity index is 1.79. The molecule has 0 saturated carbocycles. The van der Waals surface area contributed by atoms with Crippen LogP contribution < -0.4 is 0 Å². The van der Waals surface area contributed by atoms with Gasteiger partial charge in [-0.2, -0.15) is 0 Å². The van der Waals surface area contributed by atoms with Gasteiger partial charge in [-0.15, -0.1) is 0 Å². The molecule has 4 rings (SSSR count). The number of aliphatic hydroxyl groups excluding tert-OH is 1. The minimum Gasteiger partial charge on any atom is -0.490 e. The standard InChI is InChI=1S/C19H24O6/c1-18(2)24-16-17(25-18)23-14-11-22-15(12-7-4-3-5-8-12)13(9-6-10-20)19(14,16)21/h3-5,7-8,14,16-17,20-21H,6,9-11H2,1-2H3/t14-,16+,17-,19-/m1/s1. The van der Waals surface area contributed by atoms with Crippen LogP contribution in [0, 0.1) is 0 Å². The topological polar surface area (TPSA) is 77.4 Å². The van der Waals surface area contributed by atoms with Gasteiger partial charge in [0, 0.05) is 17.7 Å². The van der Waals surface area contributed by atoms with Gasteiger partial charge in [0.2, 0.25) is 0 Å². The van der Waals surface area contributed by atoms with E-state index in [4.69, 9.17) is 18.9 Å². The van der Waals surface area contributed by atoms with Crippen molar-refractivity contribution in [3.63, 3.8) is 0 Å². The zero-order chi connectivity index (χ0) is 17.7. The molecule has 2 N–H and O–H groups in total. The van der Waals surface area contributed by atoms with Gasteiger partial charge in [0.15, 0.2) is 17.7 Å². The van der Waals surface area contributed by atoms with Crippen LogP contribution in [-0.2, 0) is 18.9 Å². The van der Waals surface area contributed by atoms with Crippen LogP contribution in [0.4, 0.5) is 0 Å². The second-order valence-electron chi connectivity index (χ2n) is 7.19. The molecule has 2 fully saturated rings. The molecule has 136 valence electrons. The Bertz CT molecular complexity index is 670. The van der Waals surface area contributed by atoms with Crippen molar-refractivity contribution in [3.8, 4) is 0 Å². The Morgan fingerprint density at radius 3 is 2.64 bits per heavy atom. The van der Waals surface area contributed by atoms with Crippen LogP contribution in [0.5, 0.6) is 0 Å². The molecule has 6 nitrogen and oxygen atoms in total. The first-order valence-electron chi connectivity index (χ1n) is 8.72. The summed E-state index contributed by atoms with van der Waals surface area (Å²) in [7, 11) is 0. The molecular formula is C19H24O6. The highest BCUT2D eigenvalue weighted by molar-refractivity contribution is 5.67. The fraction of sp³-hybridized carbons (Fsp3) is 0.579. The Morgan fingerprint density at radius 1 is 1.16 bits per heavy atom. The second kappa shape index (κ2) is 6.07. The summed E-state index contributed by atoms with van der Waals surface area (Å²) >= 11 is 0. The smallest absolute Gasteiger partial charge is 0.191 e. The number of fused-ring (bicyclic) bond motifs is 3. The quantitative estimate of drug-likeness (QED) is 0.864. The van der Waals surface area contributed by atoms with E-state index in [0.717, 1.165) is 5.56 Å². The maximum Gasteiger partial charge on any atom is 0.191 e. The fourth-order valence-electron chi connectivity index (χ4n) is 3.95. The summed E-state index contributed by atoms with van der Waals surface area (Å²) < 4.78 is 23.7. The third kappa shape index (κ3) is 2.69. The molecule has 0 unspecified atom stereocenters. The molecule has 4 atom stereocenters. The fourth-order valence-corrected chi connectivity index (χ4v) is 3.95. The molecule has 3 aliphatic rings. The lowest BCUT2D eigenvalue weighted by Crippen LogP contribution is -2.54. The lowest BCUT2D eigenvalue weighted by molar-refractivity contribution is -0.230. The van der Waals surface area contributed by atoms with Crippen molar-refractivity contribution < 1.29 is 29.2 Å². The van der Waals surface area contributed by atoms with Gasteiger partial charge in [-0.05, 0) is 26.7 Å². The Labute approximate surface area is 147 Å². The summed E-state index contributed by atoms with van der Waals surface area (Å²) in [4.78, 5) is 0. The minimum atomic E-state index is -1.34. The summed E-state index contributed by atoms with van der Waals surface area (Å²) in [6, 6.07) is 9.68. The summed E-state index contributed by atoms with van der Waals surface area (Å²) in [5.41, 5.74) is 0.263. The van der Waals surface area contributed by atoms with Crippen molar-refractivity contribution in [1.82, 2.24) is 0 Å². The highest BCUT2D eigenvalue weighted by Crippen LogP contribution is 2.51. The molecule has 25 heavy (non-hydrogen) atoms. The lowest BCUT2D eigenvalue weighted by atomic mass is 9.79. The van der Waals surface area contributed by atoms with Gasteiger partial charge in [-0.3, -0.25) is 0 Å². The van der Waals surface area contributed by atoms with Crippen LogP contribution in [0.1, 0.15) is 32.3 Å². The molecule has 3 aliphatic heterocycles. The Morgan fingerprint density at radius 2 is 1.92 bits per heavy atom. The van der Waals surface area contributed by atoms with E-state index in [1.54, 1.807) is 0 Å². The van der Waals surface area contributed by atoms with E-state index >= 15 is 0 Å². The average molecular weight is 348 g/mol. The molecular weight excluding hydrogens is 324 g/mol. The maximum atomic E-state index is 11.7. The van der Waals surface area contributed by atoms with Crippen molar-refractivity contribution in [2.75, 3.05) is 13.2 Å². The van der Waals surface area contributed by atoms with E-state index in [9.17, 15) is 10.2 Å². The Hall–Kier alpha value is -1.44. The normalized spacial score (nSPS) is 36.1. The number of ether oxygens (including phenoxy) is 4. The van der Waals surface area contributed by atoms with Crippen molar-refractivity contribution in [1.29, 1.82) is 0 Å². The van der Waals surface area contributed by atoms with E-state index in [0.29, 0.717) is 24.2 Å². The van der Waals surface area contributed by atoms with E-state index in [1.165, 1.54) is 0 Å². The van der Waals surface area contributed by atoms with Crippen LogP contribution in [-0.4, -0.2) is 53.3 Å². The van der Waals surface area contributed by atoms with Gasteiger partial charge in [-0.1, -0.05) is 30.3 Å². The predicted molar refractivity (Wildman–Crippen MR) is 89.3 cm³/mol. The number of benzene rings is 1. The molecule has 1 aromatic rings. The first-order valence-corrected chi connectivity index (χ1v) is 8.72. The third-order valence-corrected chi connectivity index (χ3v) is 5.04. The number of aliphatic hydroxyl groups is 2. The molecule has 0 spiro atoms. The van der Waals surface area contributed by atoms with Gasteiger partial charge < -0.3 is 29.2 Å². The monoisotopic (exact) mass is 348 g/mol. The molecule has 0 aliphatic carbocycles. The number of hydrogen-bond donors (Lipinski definition) is 2. The largest absolute Gasteiger partial charge is 0.490 e. The van der Waals surface area contributed by atoms with Gasteiger partial charge in [0.05, 0.1) is 0 Å². The Kier molecular flexibility index (Phi) is 4.13. The van der Waals surface area contributed by atoms with Crippen molar-refractivity contribution in [2.45, 2.75) is 56.6 Å². The molecule has 6 heteroatoms. The highest BCUT2D eigenvalue weighted by atomic mass is 16.8. The summed E-state index contributed by atoms with van der Waals surface area (Å²) in [6.07, 6.45) is -0.799. The number of rotatable bonds is 4. The van der Waals surface area contributed by atoms with E-state index in [-0.39, 0.29) is 13.2 Å². The average Bonchev–Trinajstić information content (AvgIpc) is 3.03. The number of hydrogen-bond acceptors (Lipinski definition) is 6. The van der Waals surface area contributed by atoms with Crippen LogP contribution in [0.15, 0.2) is 35.9 Å². The third-order valence-electron chi connectivity index (χ3n) is 5.04. The SMILES string of the molecule is CC1(C)O[C@H]2O[C@@H]3COC(c4ccccc4)=C(CCCO)[C@]3(O)[C@H]2O1. The van der Waals surface area contributed by atoms with E-state index in [2.05, 4.69) is 0 Å². The maximum absolute atomic E-state index is 11.7. The van der Waals surface area contributed by atoms with E-state index < -0.39 is 29.9 Å². The molecule has 2 saturated heterocycles. The van der Waals surface area contributed by atoms with Gasteiger partial charge in [0.25, 0.3) is 0 Å². The molecule has 3 heterocycles. The highest BCUT2D eigenvalue weighted by Gasteiger charge is 2.66. The zero-order valence-electron chi connectivity index (χ0n) is 14.5. The van der Waals surface area contributed by atoms with Gasteiger partial charge >= 0.3 is 0 Å². The molecule has 0 aromatic heterocycles. The van der Waals surface area contributed by atoms with Crippen molar-refractivity contribution >= 4 is 5.76 Å². The van der Waals surface area contributed by atoms with Crippen LogP contribution in [0.25, 0.3) is 5.76 Å². The molecule has 0 amide bonds. The second-order valence-corrected chi connectivity index (χ2v) is 7.19. The van der Waals surface area contributed by atoms with E-state index in [1.807, 2.05) is 44.2 Å². The molecule has 0 bridgehead atoms. The van der Waals surface area contributed by atoms with Crippen molar-refractivity contribution in [3.05, 3.63) is 41.5 Å². The zero-order valence-corrected chi connectivity index (χ0v) is 14.5. The summed E-state index contributed by atoms with van der Waals surface area (Å²) in [5.74, 6) is -0.172. The predicted octanol–water partition coefficient (Wildman–Crippen LogP) is 1.81. The molecule has 1 aromatic carbocycles. The molecule has 0 radical (unpaired) electrons. The minimum absolute atomic E-state index is 0.0319. The first kappa shape index (κ1) is 17.0. The van der Waals surface area contributed by atoms with Crippen LogP contribution in [0.2, 0.25) is 0 Å². The lowest BCUT2D eigenvalue weighted by Gasteiger charge is -2.40. The summed E-state index contributed by atoms with van der Waals surface area (Å²) in [6.45, 7) is 3.87.